The van der Waals surface area contributed by atoms with Crippen molar-refractivity contribution in [3.05, 3.63) is 0 Å². The SMILES string of the molecule is CC1CCC[C@@]2(C)C1CCC[C@@H]2CC=O. The number of aldehydes is 1. The molecule has 2 unspecified atom stereocenters. The van der Waals surface area contributed by atoms with Gasteiger partial charge in [0.1, 0.15) is 6.29 Å². The fraction of sp³-hybridized carbons (Fsp3) is 0.929. The number of hydrogen-bond donors (Lipinski definition) is 0. The van der Waals surface area contributed by atoms with Crippen LogP contribution in [0.4, 0.5) is 0 Å². The number of carbonyl (C=O) groups is 1. The highest BCUT2D eigenvalue weighted by Crippen LogP contribution is 2.55. The predicted octanol–water partition coefficient (Wildman–Crippen LogP) is 3.82. The first kappa shape index (κ1) is 11.2. The monoisotopic (exact) mass is 208 g/mol. The molecule has 0 spiro atoms. The van der Waals surface area contributed by atoms with Crippen LogP contribution >= 0.6 is 0 Å². The number of rotatable bonds is 2. The number of carbonyl (C=O) groups excluding carboxylic acids is 1. The Morgan fingerprint density at radius 3 is 2.80 bits per heavy atom. The van der Waals surface area contributed by atoms with Crippen molar-refractivity contribution < 1.29 is 4.79 Å². The van der Waals surface area contributed by atoms with E-state index >= 15 is 0 Å². The average Bonchev–Trinajstić information content (AvgIpc) is 2.20. The molecule has 2 saturated carbocycles. The van der Waals surface area contributed by atoms with Gasteiger partial charge in [-0.2, -0.15) is 0 Å². The van der Waals surface area contributed by atoms with Crippen LogP contribution in [0.1, 0.15) is 58.8 Å². The molecule has 0 aromatic heterocycles. The maximum Gasteiger partial charge on any atom is 0.120 e. The van der Waals surface area contributed by atoms with Crippen LogP contribution < -0.4 is 0 Å². The normalized spacial score (nSPS) is 45.9. The Morgan fingerprint density at radius 1 is 1.27 bits per heavy atom. The third kappa shape index (κ3) is 1.86. The van der Waals surface area contributed by atoms with Crippen LogP contribution in [0.5, 0.6) is 0 Å². The number of fused-ring (bicyclic) bond motifs is 1. The largest absolute Gasteiger partial charge is 0.303 e. The zero-order valence-electron chi connectivity index (χ0n) is 10.2. The molecular weight excluding hydrogens is 184 g/mol. The van der Waals surface area contributed by atoms with E-state index < -0.39 is 0 Å². The summed E-state index contributed by atoms with van der Waals surface area (Å²) in [4.78, 5) is 10.8. The molecule has 2 aliphatic carbocycles. The Kier molecular flexibility index (Phi) is 3.18. The summed E-state index contributed by atoms with van der Waals surface area (Å²) in [7, 11) is 0. The Labute approximate surface area is 93.6 Å². The van der Waals surface area contributed by atoms with Crippen molar-refractivity contribution in [1.82, 2.24) is 0 Å². The van der Waals surface area contributed by atoms with Crippen LogP contribution in [0.3, 0.4) is 0 Å². The van der Waals surface area contributed by atoms with Crippen LogP contribution in [-0.2, 0) is 4.79 Å². The molecule has 0 aromatic carbocycles. The maximum absolute atomic E-state index is 10.8. The van der Waals surface area contributed by atoms with E-state index in [9.17, 15) is 4.79 Å². The van der Waals surface area contributed by atoms with Crippen LogP contribution in [0.25, 0.3) is 0 Å². The molecular formula is C14H24O. The minimum absolute atomic E-state index is 0.483. The van der Waals surface area contributed by atoms with Crippen LogP contribution in [0.15, 0.2) is 0 Å². The molecule has 1 nitrogen and oxygen atoms in total. The standard InChI is InChI=1S/C14H24O/c1-11-5-4-9-14(2)12(8-10-15)6-3-7-13(11)14/h10-13H,3-9H2,1-2H3/t11?,12-,13?,14-/m1/s1. The molecule has 1 heteroatoms. The van der Waals surface area contributed by atoms with Crippen molar-refractivity contribution in [2.75, 3.05) is 0 Å². The van der Waals surface area contributed by atoms with E-state index in [1.807, 2.05) is 0 Å². The van der Waals surface area contributed by atoms with Gasteiger partial charge >= 0.3 is 0 Å². The summed E-state index contributed by atoms with van der Waals surface area (Å²) >= 11 is 0. The lowest BCUT2D eigenvalue weighted by atomic mass is 9.52. The van der Waals surface area contributed by atoms with Gasteiger partial charge in [0.05, 0.1) is 0 Å². The second-order valence-corrected chi connectivity index (χ2v) is 6.01. The summed E-state index contributed by atoms with van der Waals surface area (Å²) in [5.41, 5.74) is 0.483. The molecule has 0 amide bonds. The molecule has 0 aliphatic heterocycles. The predicted molar refractivity (Wildman–Crippen MR) is 62.6 cm³/mol. The highest BCUT2D eigenvalue weighted by molar-refractivity contribution is 5.50. The van der Waals surface area contributed by atoms with E-state index in [1.54, 1.807) is 0 Å². The van der Waals surface area contributed by atoms with Crippen molar-refractivity contribution in [3.8, 4) is 0 Å². The van der Waals surface area contributed by atoms with Crippen molar-refractivity contribution >= 4 is 6.29 Å². The molecule has 0 N–H and O–H groups in total. The Morgan fingerprint density at radius 2 is 2.07 bits per heavy atom. The van der Waals surface area contributed by atoms with Crippen LogP contribution in [-0.4, -0.2) is 6.29 Å². The molecule has 0 heterocycles. The van der Waals surface area contributed by atoms with Gasteiger partial charge in [-0.15, -0.1) is 0 Å². The molecule has 15 heavy (non-hydrogen) atoms. The summed E-state index contributed by atoms with van der Waals surface area (Å²) in [6.07, 6.45) is 10.2. The van der Waals surface area contributed by atoms with E-state index in [0.29, 0.717) is 11.3 Å². The summed E-state index contributed by atoms with van der Waals surface area (Å²) in [6, 6.07) is 0. The lowest BCUT2D eigenvalue weighted by Gasteiger charge is -2.53. The molecule has 2 aliphatic rings. The smallest absolute Gasteiger partial charge is 0.120 e. The summed E-state index contributed by atoms with van der Waals surface area (Å²) in [5, 5.41) is 0. The Hall–Kier alpha value is -0.330. The maximum atomic E-state index is 10.8. The summed E-state index contributed by atoms with van der Waals surface area (Å²) < 4.78 is 0. The van der Waals surface area contributed by atoms with Gasteiger partial charge in [0.15, 0.2) is 0 Å². The average molecular weight is 208 g/mol. The van der Waals surface area contributed by atoms with E-state index in [4.69, 9.17) is 0 Å². The van der Waals surface area contributed by atoms with E-state index in [0.717, 1.165) is 24.5 Å². The lowest BCUT2D eigenvalue weighted by Crippen LogP contribution is -2.44. The first-order valence-corrected chi connectivity index (χ1v) is 6.62. The molecule has 2 fully saturated rings. The van der Waals surface area contributed by atoms with Crippen LogP contribution in [0, 0.1) is 23.2 Å². The van der Waals surface area contributed by atoms with Crippen LogP contribution in [0.2, 0.25) is 0 Å². The fourth-order valence-corrected chi connectivity index (χ4v) is 4.38. The molecule has 2 rings (SSSR count). The van der Waals surface area contributed by atoms with Gasteiger partial charge in [0, 0.05) is 6.42 Å². The first-order chi connectivity index (χ1) is 7.18. The lowest BCUT2D eigenvalue weighted by molar-refractivity contribution is -0.112. The third-order valence-electron chi connectivity index (χ3n) is 5.29. The van der Waals surface area contributed by atoms with Gasteiger partial charge in [-0.25, -0.2) is 0 Å². The van der Waals surface area contributed by atoms with Crippen molar-refractivity contribution in [2.24, 2.45) is 23.2 Å². The van der Waals surface area contributed by atoms with Crippen molar-refractivity contribution in [3.63, 3.8) is 0 Å². The topological polar surface area (TPSA) is 17.1 Å². The highest BCUT2D eigenvalue weighted by Gasteiger charge is 2.46. The zero-order valence-corrected chi connectivity index (χ0v) is 10.2. The Bertz CT molecular complexity index is 235. The van der Waals surface area contributed by atoms with Gasteiger partial charge in [-0.3, -0.25) is 0 Å². The molecule has 4 atom stereocenters. The minimum Gasteiger partial charge on any atom is -0.303 e. The van der Waals surface area contributed by atoms with Gasteiger partial charge in [0.2, 0.25) is 0 Å². The van der Waals surface area contributed by atoms with Crippen molar-refractivity contribution in [1.29, 1.82) is 0 Å². The van der Waals surface area contributed by atoms with E-state index in [2.05, 4.69) is 13.8 Å². The highest BCUT2D eigenvalue weighted by atomic mass is 16.1. The van der Waals surface area contributed by atoms with Gasteiger partial charge in [-0.1, -0.05) is 33.1 Å². The van der Waals surface area contributed by atoms with Gasteiger partial charge in [0.25, 0.3) is 0 Å². The number of hydrogen-bond acceptors (Lipinski definition) is 1. The molecule has 0 aromatic rings. The molecule has 86 valence electrons. The second kappa shape index (κ2) is 4.27. The molecule has 0 saturated heterocycles. The van der Waals surface area contributed by atoms with E-state index in [1.165, 1.54) is 38.5 Å². The van der Waals surface area contributed by atoms with Gasteiger partial charge in [-0.05, 0) is 42.4 Å². The Balaban J connectivity index is 2.18. The second-order valence-electron chi connectivity index (χ2n) is 6.01. The summed E-state index contributed by atoms with van der Waals surface area (Å²) in [6.45, 7) is 4.88. The first-order valence-electron chi connectivity index (χ1n) is 6.62. The van der Waals surface area contributed by atoms with Crippen molar-refractivity contribution in [2.45, 2.75) is 58.8 Å². The molecule has 0 radical (unpaired) electrons. The minimum atomic E-state index is 0.483. The summed E-state index contributed by atoms with van der Waals surface area (Å²) in [5.74, 6) is 2.46. The zero-order chi connectivity index (χ0) is 10.9. The third-order valence-corrected chi connectivity index (χ3v) is 5.29. The molecule has 0 bridgehead atoms. The van der Waals surface area contributed by atoms with Gasteiger partial charge < -0.3 is 4.79 Å². The fourth-order valence-electron chi connectivity index (χ4n) is 4.38. The van der Waals surface area contributed by atoms with E-state index in [-0.39, 0.29) is 0 Å². The quantitative estimate of drug-likeness (QED) is 0.630.